The number of carbonyl (C=O) groups is 1. The number of hydrogen-bond acceptors (Lipinski definition) is 5. The first-order chi connectivity index (χ1) is 9.67. The maximum Gasteiger partial charge on any atom is 0.235 e. The molecule has 5 nitrogen and oxygen atoms in total. The van der Waals surface area contributed by atoms with Gasteiger partial charge in [-0.1, -0.05) is 34.3 Å². The number of rotatable bonds is 5. The topological polar surface area (TPSA) is 75.9 Å². The van der Waals surface area contributed by atoms with E-state index in [1.807, 2.05) is 27.7 Å². The molecule has 114 valence electrons. The van der Waals surface area contributed by atoms with Crippen molar-refractivity contribution in [2.75, 3.05) is 6.54 Å². The van der Waals surface area contributed by atoms with Crippen LogP contribution in [0.25, 0.3) is 0 Å². The Bertz CT molecular complexity index is 542. The van der Waals surface area contributed by atoms with Crippen molar-refractivity contribution in [3.05, 3.63) is 12.7 Å². The van der Waals surface area contributed by atoms with Gasteiger partial charge in [-0.05, 0) is 35.7 Å². The van der Waals surface area contributed by atoms with Crippen molar-refractivity contribution in [1.82, 2.24) is 0 Å². The number of nitrogens with zero attached hydrogens (tertiary/aromatic N) is 2. The van der Waals surface area contributed by atoms with Gasteiger partial charge in [0.15, 0.2) is 5.78 Å². The zero-order chi connectivity index (χ0) is 16.3. The van der Waals surface area contributed by atoms with Crippen molar-refractivity contribution >= 4 is 17.9 Å². The molecule has 1 aliphatic rings. The Balaban J connectivity index is 3.48. The summed E-state index contributed by atoms with van der Waals surface area (Å²) >= 11 is 0. The largest absolute Gasteiger partial charge is 0.292 e. The van der Waals surface area contributed by atoms with Gasteiger partial charge in [-0.3, -0.25) is 4.79 Å². The molecule has 3 atom stereocenters. The second kappa shape index (κ2) is 5.88. The highest BCUT2D eigenvalue weighted by Crippen LogP contribution is 2.55. The molecule has 21 heavy (non-hydrogen) atoms. The summed E-state index contributed by atoms with van der Waals surface area (Å²) < 4.78 is 0. The van der Waals surface area contributed by atoms with Gasteiger partial charge in [0.05, 0.1) is 6.54 Å². The van der Waals surface area contributed by atoms with Crippen LogP contribution in [-0.4, -0.2) is 30.0 Å². The van der Waals surface area contributed by atoms with Crippen LogP contribution in [0.1, 0.15) is 40.5 Å². The van der Waals surface area contributed by atoms with E-state index >= 15 is 0 Å². The van der Waals surface area contributed by atoms with E-state index in [4.69, 9.17) is 0 Å². The van der Waals surface area contributed by atoms with Gasteiger partial charge < -0.3 is 0 Å². The molecule has 0 amide bonds. The minimum Gasteiger partial charge on any atom is -0.292 e. The molecule has 0 aromatic heterocycles. The molecule has 0 spiro atoms. The molecular formula is C16H22N2O3. The van der Waals surface area contributed by atoms with Crippen LogP contribution < -0.4 is 0 Å². The van der Waals surface area contributed by atoms with Crippen LogP contribution in [0.4, 0.5) is 0 Å². The molecule has 0 bridgehead atoms. The van der Waals surface area contributed by atoms with Gasteiger partial charge >= 0.3 is 0 Å². The number of isocyanates is 2. The summed E-state index contributed by atoms with van der Waals surface area (Å²) in [6.45, 7) is 11.7. The van der Waals surface area contributed by atoms with Gasteiger partial charge in [0.2, 0.25) is 12.2 Å². The summed E-state index contributed by atoms with van der Waals surface area (Å²) in [5, 5.41) is 0. The first-order valence-corrected chi connectivity index (χ1v) is 6.97. The van der Waals surface area contributed by atoms with Crippen LogP contribution in [-0.2, 0) is 14.4 Å². The van der Waals surface area contributed by atoms with Gasteiger partial charge in [-0.25, -0.2) is 14.6 Å². The molecule has 0 saturated heterocycles. The highest BCUT2D eigenvalue weighted by atomic mass is 16.1. The standard InChI is InChI=1S/C16H22N2O3/c1-6-13(21)16(18-11-20)8-14(3,4)7-15(5,12(16)2)9-17-10-19/h6,12H,1,7-9H2,2-5H3. The van der Waals surface area contributed by atoms with Gasteiger partial charge in [0.25, 0.3) is 0 Å². The van der Waals surface area contributed by atoms with Crippen molar-refractivity contribution in [2.24, 2.45) is 26.7 Å². The smallest absolute Gasteiger partial charge is 0.235 e. The molecule has 1 rings (SSSR count). The van der Waals surface area contributed by atoms with Crippen LogP contribution in [0, 0.1) is 16.7 Å². The Kier molecular flexibility index (Phi) is 4.83. The Morgan fingerprint density at radius 1 is 1.29 bits per heavy atom. The van der Waals surface area contributed by atoms with E-state index in [2.05, 4.69) is 16.6 Å². The van der Waals surface area contributed by atoms with Crippen LogP contribution >= 0.6 is 0 Å². The van der Waals surface area contributed by atoms with Crippen molar-refractivity contribution < 1.29 is 14.4 Å². The first-order valence-electron chi connectivity index (χ1n) is 6.97. The molecule has 0 aliphatic heterocycles. The summed E-state index contributed by atoms with van der Waals surface area (Å²) in [4.78, 5) is 41.4. The number of carbonyl (C=O) groups excluding carboxylic acids is 3. The summed E-state index contributed by atoms with van der Waals surface area (Å²) in [5.41, 5.74) is -1.84. The lowest BCUT2D eigenvalue weighted by Crippen LogP contribution is -2.57. The van der Waals surface area contributed by atoms with Crippen molar-refractivity contribution in [3.63, 3.8) is 0 Å². The quantitative estimate of drug-likeness (QED) is 0.443. The molecule has 0 aromatic rings. The van der Waals surface area contributed by atoms with E-state index in [0.29, 0.717) is 6.42 Å². The Morgan fingerprint density at radius 3 is 2.38 bits per heavy atom. The van der Waals surface area contributed by atoms with Gasteiger partial charge in [-0.2, -0.15) is 4.99 Å². The fourth-order valence-electron chi connectivity index (χ4n) is 3.92. The second-order valence-corrected chi connectivity index (χ2v) is 7.00. The lowest BCUT2D eigenvalue weighted by Gasteiger charge is -2.53. The lowest BCUT2D eigenvalue weighted by atomic mass is 9.51. The zero-order valence-electron chi connectivity index (χ0n) is 13.1. The third-order valence-electron chi connectivity index (χ3n) is 4.75. The highest BCUT2D eigenvalue weighted by molar-refractivity contribution is 5.98. The van der Waals surface area contributed by atoms with Crippen LogP contribution in [0.15, 0.2) is 22.6 Å². The minimum atomic E-state index is -1.18. The molecule has 1 saturated carbocycles. The molecule has 1 fully saturated rings. The SMILES string of the molecule is C=CC(=O)C1(N=C=O)CC(C)(C)CC(C)(CN=C=O)C1C. The van der Waals surface area contributed by atoms with E-state index in [9.17, 15) is 14.4 Å². The third-order valence-corrected chi connectivity index (χ3v) is 4.75. The molecule has 0 N–H and O–H groups in total. The molecule has 5 heteroatoms. The van der Waals surface area contributed by atoms with Crippen molar-refractivity contribution in [3.8, 4) is 0 Å². The predicted molar refractivity (Wildman–Crippen MR) is 79.3 cm³/mol. The molecule has 1 aliphatic carbocycles. The van der Waals surface area contributed by atoms with Crippen molar-refractivity contribution in [2.45, 2.75) is 46.1 Å². The highest BCUT2D eigenvalue weighted by Gasteiger charge is 2.57. The number of ketones is 1. The number of aliphatic imine (C=N–C) groups is 2. The van der Waals surface area contributed by atoms with E-state index in [1.165, 1.54) is 6.08 Å². The monoisotopic (exact) mass is 290 g/mol. The van der Waals surface area contributed by atoms with Crippen LogP contribution in [0.5, 0.6) is 0 Å². The Morgan fingerprint density at radius 2 is 1.90 bits per heavy atom. The van der Waals surface area contributed by atoms with Crippen LogP contribution in [0.3, 0.4) is 0 Å². The zero-order valence-corrected chi connectivity index (χ0v) is 13.1. The van der Waals surface area contributed by atoms with Gasteiger partial charge in [-0.15, -0.1) is 0 Å². The van der Waals surface area contributed by atoms with E-state index in [1.54, 1.807) is 12.2 Å². The second-order valence-electron chi connectivity index (χ2n) is 7.00. The maximum absolute atomic E-state index is 12.4. The molecule has 0 heterocycles. The molecular weight excluding hydrogens is 268 g/mol. The third kappa shape index (κ3) is 3.10. The average molecular weight is 290 g/mol. The number of hydrogen-bond donors (Lipinski definition) is 0. The fourth-order valence-corrected chi connectivity index (χ4v) is 3.92. The minimum absolute atomic E-state index is 0.224. The Hall–Kier alpha value is -1.83. The van der Waals surface area contributed by atoms with Gasteiger partial charge in [0.1, 0.15) is 5.54 Å². The van der Waals surface area contributed by atoms with E-state index < -0.39 is 11.0 Å². The Labute approximate surface area is 125 Å². The van der Waals surface area contributed by atoms with Crippen LogP contribution in [0.2, 0.25) is 0 Å². The lowest BCUT2D eigenvalue weighted by molar-refractivity contribution is -0.129. The maximum atomic E-state index is 12.4. The fraction of sp³-hybridized carbons (Fsp3) is 0.688. The molecule has 3 unspecified atom stereocenters. The summed E-state index contributed by atoms with van der Waals surface area (Å²) in [6, 6.07) is 0. The normalized spacial score (nSPS) is 34.2. The van der Waals surface area contributed by atoms with Gasteiger partial charge in [0, 0.05) is 0 Å². The molecule has 0 aromatic carbocycles. The summed E-state index contributed by atoms with van der Waals surface area (Å²) in [5.74, 6) is -0.547. The predicted octanol–water partition coefficient (Wildman–Crippen LogP) is 2.61. The summed E-state index contributed by atoms with van der Waals surface area (Å²) in [7, 11) is 0. The van der Waals surface area contributed by atoms with Crippen molar-refractivity contribution in [1.29, 1.82) is 0 Å². The molecule has 0 radical (unpaired) electrons. The average Bonchev–Trinajstić information content (AvgIpc) is 2.40. The van der Waals surface area contributed by atoms with E-state index in [0.717, 1.165) is 6.42 Å². The van der Waals surface area contributed by atoms with E-state index in [-0.39, 0.29) is 23.7 Å². The summed E-state index contributed by atoms with van der Waals surface area (Å²) in [6.07, 6.45) is 5.53. The first kappa shape index (κ1) is 17.2.